The highest BCUT2D eigenvalue weighted by Crippen LogP contribution is 2.19. The van der Waals surface area contributed by atoms with E-state index in [4.69, 9.17) is 14.2 Å². The molecule has 1 aliphatic rings. The number of esters is 1. The van der Waals surface area contributed by atoms with Crippen LogP contribution in [0.5, 0.6) is 0 Å². The summed E-state index contributed by atoms with van der Waals surface area (Å²) >= 11 is 0. The highest BCUT2D eigenvalue weighted by atomic mass is 16.6. The molecule has 0 bridgehead atoms. The van der Waals surface area contributed by atoms with Crippen molar-refractivity contribution in [3.63, 3.8) is 0 Å². The predicted octanol–water partition coefficient (Wildman–Crippen LogP) is 2.66. The molecule has 0 unspecified atom stereocenters. The van der Waals surface area contributed by atoms with Crippen LogP contribution >= 0.6 is 0 Å². The molecule has 3 atom stereocenters. The summed E-state index contributed by atoms with van der Waals surface area (Å²) in [5.41, 5.74) is 1.65. The van der Waals surface area contributed by atoms with Gasteiger partial charge in [0.15, 0.2) is 0 Å². The normalized spacial score (nSPS) is 18.8. The summed E-state index contributed by atoms with van der Waals surface area (Å²) in [7, 11) is 3.23. The van der Waals surface area contributed by atoms with E-state index in [0.717, 1.165) is 11.1 Å². The highest BCUT2D eigenvalue weighted by molar-refractivity contribution is 5.87. The zero-order valence-electron chi connectivity index (χ0n) is 19.2. The van der Waals surface area contributed by atoms with Crippen molar-refractivity contribution >= 4 is 18.0 Å². The number of rotatable bonds is 7. The van der Waals surface area contributed by atoms with Crippen molar-refractivity contribution in [2.45, 2.75) is 38.2 Å². The van der Waals surface area contributed by atoms with E-state index in [1.165, 1.54) is 9.80 Å². The smallest absolute Gasteiger partial charge is 0.411 e. The first-order valence-corrected chi connectivity index (χ1v) is 10.9. The van der Waals surface area contributed by atoms with Gasteiger partial charge in [0.25, 0.3) is 0 Å². The predicted molar refractivity (Wildman–Crippen MR) is 121 cm³/mol. The SMILES string of the molecule is C[C@H]1OCCN(C(=O)O[C@@H](Cc2ccccc2)C(=O)OCc2ccccc2)[C@H]1C(=O)N(C)C. The number of ether oxygens (including phenoxy) is 3. The Labute approximate surface area is 194 Å². The minimum atomic E-state index is -1.16. The quantitative estimate of drug-likeness (QED) is 0.598. The number of nitrogens with zero attached hydrogens (tertiary/aromatic N) is 2. The second kappa shape index (κ2) is 11.5. The molecule has 8 heteroatoms. The molecule has 2 aromatic carbocycles. The first-order chi connectivity index (χ1) is 15.9. The van der Waals surface area contributed by atoms with Crippen LogP contribution in [0.15, 0.2) is 60.7 Å². The Balaban J connectivity index is 1.75. The summed E-state index contributed by atoms with van der Waals surface area (Å²) in [6, 6.07) is 17.7. The first kappa shape index (κ1) is 24.3. The Hall–Kier alpha value is -3.39. The molecule has 0 radical (unpaired) electrons. The largest absolute Gasteiger partial charge is 0.458 e. The summed E-state index contributed by atoms with van der Waals surface area (Å²) in [6.07, 6.45) is -2.24. The number of likely N-dealkylation sites (N-methyl/N-ethyl adjacent to an activating group) is 1. The van der Waals surface area contributed by atoms with E-state index in [1.807, 2.05) is 60.7 Å². The van der Waals surface area contributed by atoms with E-state index >= 15 is 0 Å². The maximum atomic E-state index is 13.1. The molecule has 0 N–H and O–H groups in total. The van der Waals surface area contributed by atoms with Crippen LogP contribution in [0.3, 0.4) is 0 Å². The van der Waals surface area contributed by atoms with Gasteiger partial charge in [-0.2, -0.15) is 0 Å². The van der Waals surface area contributed by atoms with Crippen molar-refractivity contribution in [2.75, 3.05) is 27.2 Å². The van der Waals surface area contributed by atoms with Crippen LogP contribution in [0.1, 0.15) is 18.1 Å². The van der Waals surface area contributed by atoms with Crippen LogP contribution in [0, 0.1) is 0 Å². The molecule has 0 spiro atoms. The molecule has 2 aromatic rings. The standard InChI is InChI=1S/C25H30N2O6/c1-18-22(23(28)26(2)3)27(14-15-31-18)25(30)33-21(16-19-10-6-4-7-11-19)24(29)32-17-20-12-8-5-9-13-20/h4-13,18,21-22H,14-17H2,1-3H3/t18-,21+,22-/m1/s1. The monoisotopic (exact) mass is 454 g/mol. The van der Waals surface area contributed by atoms with Crippen LogP contribution in [-0.2, 0) is 36.8 Å². The molecule has 3 rings (SSSR count). The maximum absolute atomic E-state index is 13.1. The van der Waals surface area contributed by atoms with Crippen LogP contribution in [0.2, 0.25) is 0 Å². The van der Waals surface area contributed by atoms with Gasteiger partial charge in [-0.1, -0.05) is 60.7 Å². The van der Waals surface area contributed by atoms with Gasteiger partial charge in [-0.15, -0.1) is 0 Å². The number of carbonyl (C=O) groups is 3. The van der Waals surface area contributed by atoms with Crippen molar-refractivity contribution in [2.24, 2.45) is 0 Å². The molecular formula is C25H30N2O6. The zero-order chi connectivity index (χ0) is 23.8. The average Bonchev–Trinajstić information content (AvgIpc) is 2.82. The molecule has 1 saturated heterocycles. The van der Waals surface area contributed by atoms with Gasteiger partial charge in [0.05, 0.1) is 12.7 Å². The van der Waals surface area contributed by atoms with Crippen LogP contribution in [-0.4, -0.2) is 73.3 Å². The lowest BCUT2D eigenvalue weighted by Crippen LogP contribution is -2.59. The van der Waals surface area contributed by atoms with Crippen molar-refractivity contribution in [1.82, 2.24) is 9.80 Å². The Kier molecular flexibility index (Phi) is 8.43. The van der Waals surface area contributed by atoms with E-state index in [2.05, 4.69) is 0 Å². The molecular weight excluding hydrogens is 424 g/mol. The average molecular weight is 455 g/mol. The first-order valence-electron chi connectivity index (χ1n) is 10.9. The van der Waals surface area contributed by atoms with E-state index < -0.39 is 30.3 Å². The number of morpholine rings is 1. The van der Waals surface area contributed by atoms with Gasteiger partial charge >= 0.3 is 12.1 Å². The maximum Gasteiger partial charge on any atom is 0.411 e. The Morgan fingerprint density at radius 2 is 1.64 bits per heavy atom. The van der Waals surface area contributed by atoms with Gasteiger partial charge in [0.2, 0.25) is 12.0 Å². The van der Waals surface area contributed by atoms with Crippen LogP contribution in [0.4, 0.5) is 4.79 Å². The molecule has 1 heterocycles. The van der Waals surface area contributed by atoms with Crippen molar-refractivity contribution in [1.29, 1.82) is 0 Å². The summed E-state index contributed by atoms with van der Waals surface area (Å²) in [5, 5.41) is 0. The zero-order valence-corrected chi connectivity index (χ0v) is 19.2. The molecule has 1 aliphatic heterocycles. The number of amides is 2. The third kappa shape index (κ3) is 6.55. The lowest BCUT2D eigenvalue weighted by Gasteiger charge is -2.39. The molecule has 0 aliphatic carbocycles. The molecule has 0 saturated carbocycles. The third-order valence-corrected chi connectivity index (χ3v) is 5.42. The van der Waals surface area contributed by atoms with Crippen LogP contribution < -0.4 is 0 Å². The fraction of sp³-hybridized carbons (Fsp3) is 0.400. The summed E-state index contributed by atoms with van der Waals surface area (Å²) < 4.78 is 16.7. The Morgan fingerprint density at radius 1 is 1.03 bits per heavy atom. The topological polar surface area (TPSA) is 85.4 Å². The van der Waals surface area contributed by atoms with Gasteiger partial charge in [-0.05, 0) is 18.1 Å². The van der Waals surface area contributed by atoms with Gasteiger partial charge in [-0.25, -0.2) is 9.59 Å². The molecule has 2 amide bonds. The lowest BCUT2D eigenvalue weighted by atomic mass is 10.1. The number of carbonyl (C=O) groups excluding carboxylic acids is 3. The molecule has 33 heavy (non-hydrogen) atoms. The van der Waals surface area contributed by atoms with Gasteiger partial charge < -0.3 is 19.1 Å². The van der Waals surface area contributed by atoms with Gasteiger partial charge in [0, 0.05) is 27.1 Å². The summed E-state index contributed by atoms with van der Waals surface area (Å²) in [5.74, 6) is -0.918. The van der Waals surface area contributed by atoms with E-state index in [0.29, 0.717) is 0 Å². The molecule has 0 aromatic heterocycles. The van der Waals surface area contributed by atoms with Crippen molar-refractivity contribution in [3.8, 4) is 0 Å². The van der Waals surface area contributed by atoms with Gasteiger partial charge in [0.1, 0.15) is 12.6 Å². The van der Waals surface area contributed by atoms with E-state index in [1.54, 1.807) is 21.0 Å². The molecule has 1 fully saturated rings. The molecule has 176 valence electrons. The van der Waals surface area contributed by atoms with Crippen molar-refractivity contribution < 1.29 is 28.6 Å². The lowest BCUT2D eigenvalue weighted by molar-refractivity contribution is -0.157. The molecule has 8 nitrogen and oxygen atoms in total. The number of benzene rings is 2. The minimum Gasteiger partial charge on any atom is -0.458 e. The summed E-state index contributed by atoms with van der Waals surface area (Å²) in [6.45, 7) is 2.26. The van der Waals surface area contributed by atoms with Gasteiger partial charge in [-0.3, -0.25) is 9.69 Å². The summed E-state index contributed by atoms with van der Waals surface area (Å²) in [4.78, 5) is 41.5. The third-order valence-electron chi connectivity index (χ3n) is 5.42. The van der Waals surface area contributed by atoms with Crippen LogP contribution in [0.25, 0.3) is 0 Å². The number of hydrogen-bond donors (Lipinski definition) is 0. The highest BCUT2D eigenvalue weighted by Gasteiger charge is 2.41. The van der Waals surface area contributed by atoms with Crippen molar-refractivity contribution in [3.05, 3.63) is 71.8 Å². The fourth-order valence-corrected chi connectivity index (χ4v) is 3.64. The Morgan fingerprint density at radius 3 is 2.24 bits per heavy atom. The fourth-order valence-electron chi connectivity index (χ4n) is 3.64. The number of hydrogen-bond acceptors (Lipinski definition) is 6. The van der Waals surface area contributed by atoms with E-state index in [-0.39, 0.29) is 32.1 Å². The second-order valence-electron chi connectivity index (χ2n) is 8.10. The second-order valence-corrected chi connectivity index (χ2v) is 8.10. The Bertz CT molecular complexity index is 934. The minimum absolute atomic E-state index is 0.0683. The van der Waals surface area contributed by atoms with E-state index in [9.17, 15) is 14.4 Å².